The Labute approximate surface area is 219 Å². The zero-order chi connectivity index (χ0) is 29.2. The summed E-state index contributed by atoms with van der Waals surface area (Å²) >= 11 is 0. The standard InChI is InChI=1S/C27H23F7N2O3/c1-16-12-20(25(28,26(29,30)31)27(32,33)34)13-17(2)22(16)35-23(37)19-10-7-11-21(14-19)36(15-39-3)24(38)18-8-5-4-6-9-18/h4-14H,15H2,1-3H3,(H,35,37). The van der Waals surface area contributed by atoms with Gasteiger partial charge in [-0.25, -0.2) is 4.39 Å². The Bertz CT molecular complexity index is 1320. The molecule has 3 aromatic carbocycles. The third kappa shape index (κ3) is 5.90. The SMILES string of the molecule is COCN(C(=O)c1ccccc1)c1cccc(C(=O)Nc2c(C)cc(C(F)(C(F)(F)F)C(F)(F)F)cc2C)c1. The van der Waals surface area contributed by atoms with Crippen LogP contribution in [0.3, 0.4) is 0 Å². The molecule has 208 valence electrons. The fourth-order valence-electron chi connectivity index (χ4n) is 3.96. The van der Waals surface area contributed by atoms with Gasteiger partial charge in [0.25, 0.3) is 11.8 Å². The molecule has 0 heterocycles. The average Bonchev–Trinajstić information content (AvgIpc) is 2.87. The summed E-state index contributed by atoms with van der Waals surface area (Å²) in [6.07, 6.45) is -12.5. The lowest BCUT2D eigenvalue weighted by molar-refractivity contribution is -0.348. The highest BCUT2D eigenvalue weighted by molar-refractivity contribution is 6.08. The van der Waals surface area contributed by atoms with Gasteiger partial charge in [-0.05, 0) is 55.3 Å². The van der Waals surface area contributed by atoms with Gasteiger partial charge in [0.05, 0.1) is 0 Å². The van der Waals surface area contributed by atoms with E-state index in [1.165, 1.54) is 30.2 Å². The fraction of sp³-hybridized carbons (Fsp3) is 0.259. The third-order valence-corrected chi connectivity index (χ3v) is 5.89. The lowest BCUT2D eigenvalue weighted by Crippen LogP contribution is -2.50. The van der Waals surface area contributed by atoms with Crippen LogP contribution in [-0.2, 0) is 10.4 Å². The van der Waals surface area contributed by atoms with Crippen LogP contribution in [0.25, 0.3) is 0 Å². The number of carbonyl (C=O) groups is 2. The van der Waals surface area contributed by atoms with E-state index in [2.05, 4.69) is 5.32 Å². The number of halogens is 7. The Morgan fingerprint density at radius 3 is 1.85 bits per heavy atom. The molecule has 0 radical (unpaired) electrons. The van der Waals surface area contributed by atoms with Gasteiger partial charge in [0.1, 0.15) is 6.73 Å². The highest BCUT2D eigenvalue weighted by atomic mass is 19.4. The molecular formula is C27H23F7N2O3. The Balaban J connectivity index is 1.94. The van der Waals surface area contributed by atoms with E-state index >= 15 is 0 Å². The van der Waals surface area contributed by atoms with E-state index in [-0.39, 0.29) is 29.1 Å². The normalized spacial score (nSPS) is 12.3. The third-order valence-electron chi connectivity index (χ3n) is 5.89. The summed E-state index contributed by atoms with van der Waals surface area (Å²) < 4.78 is 98.9. The Morgan fingerprint density at radius 1 is 0.795 bits per heavy atom. The number of carbonyl (C=O) groups excluding carboxylic acids is 2. The minimum absolute atomic E-state index is 0.0303. The molecule has 1 N–H and O–H groups in total. The van der Waals surface area contributed by atoms with Crippen molar-refractivity contribution in [1.82, 2.24) is 0 Å². The van der Waals surface area contributed by atoms with Gasteiger partial charge in [-0.3, -0.25) is 14.5 Å². The number of methoxy groups -OCH3 is 1. The molecule has 0 bridgehead atoms. The van der Waals surface area contributed by atoms with Crippen molar-refractivity contribution >= 4 is 23.2 Å². The number of anilines is 2. The zero-order valence-electron chi connectivity index (χ0n) is 20.9. The van der Waals surface area contributed by atoms with Gasteiger partial charge in [0, 0.05) is 35.2 Å². The second kappa shape index (κ2) is 11.0. The largest absolute Gasteiger partial charge is 0.435 e. The number of nitrogens with one attached hydrogen (secondary N) is 1. The first-order valence-electron chi connectivity index (χ1n) is 11.3. The van der Waals surface area contributed by atoms with Crippen molar-refractivity contribution in [3.63, 3.8) is 0 Å². The van der Waals surface area contributed by atoms with Gasteiger partial charge in [-0.15, -0.1) is 0 Å². The monoisotopic (exact) mass is 556 g/mol. The second-order valence-electron chi connectivity index (χ2n) is 8.66. The summed E-state index contributed by atoms with van der Waals surface area (Å²) in [5.41, 5.74) is -7.08. The number of nitrogens with zero attached hydrogens (tertiary/aromatic N) is 1. The molecule has 0 atom stereocenters. The lowest BCUT2D eigenvalue weighted by atomic mass is 9.90. The van der Waals surface area contributed by atoms with Crippen molar-refractivity contribution in [2.75, 3.05) is 24.1 Å². The quantitative estimate of drug-likeness (QED) is 0.250. The molecule has 0 spiro atoms. The van der Waals surface area contributed by atoms with Gasteiger partial charge >= 0.3 is 18.0 Å². The van der Waals surface area contributed by atoms with Gasteiger partial charge in [0.15, 0.2) is 0 Å². The maximum Gasteiger partial charge on any atom is 0.435 e. The molecule has 0 unspecified atom stereocenters. The Hall–Kier alpha value is -3.93. The summed E-state index contributed by atoms with van der Waals surface area (Å²) in [6, 6.07) is 14.9. The van der Waals surface area contributed by atoms with Crippen LogP contribution < -0.4 is 10.2 Å². The number of alkyl halides is 7. The molecule has 0 aromatic heterocycles. The van der Waals surface area contributed by atoms with E-state index < -0.39 is 35.4 Å². The van der Waals surface area contributed by atoms with Crippen LogP contribution in [0, 0.1) is 13.8 Å². The van der Waals surface area contributed by atoms with Crippen molar-refractivity contribution < 1.29 is 45.1 Å². The summed E-state index contributed by atoms with van der Waals surface area (Å²) in [5.74, 6) is -1.18. The zero-order valence-corrected chi connectivity index (χ0v) is 20.9. The Morgan fingerprint density at radius 2 is 1.33 bits per heavy atom. The molecule has 12 heteroatoms. The summed E-state index contributed by atoms with van der Waals surface area (Å²) in [4.78, 5) is 27.3. The topological polar surface area (TPSA) is 58.6 Å². The van der Waals surface area contributed by atoms with Crippen molar-refractivity contribution in [1.29, 1.82) is 0 Å². The first-order valence-corrected chi connectivity index (χ1v) is 11.3. The molecule has 0 aliphatic heterocycles. The van der Waals surface area contributed by atoms with E-state index in [1.807, 2.05) is 0 Å². The molecule has 0 aliphatic carbocycles. The van der Waals surface area contributed by atoms with Gasteiger partial charge in [-0.2, -0.15) is 26.3 Å². The van der Waals surface area contributed by atoms with E-state index in [0.717, 1.165) is 13.8 Å². The maximum atomic E-state index is 14.5. The van der Waals surface area contributed by atoms with Crippen LogP contribution >= 0.6 is 0 Å². The van der Waals surface area contributed by atoms with Crippen LogP contribution in [0.5, 0.6) is 0 Å². The molecular weight excluding hydrogens is 533 g/mol. The smallest absolute Gasteiger partial charge is 0.364 e. The van der Waals surface area contributed by atoms with Crippen LogP contribution in [-0.4, -0.2) is 38.0 Å². The predicted octanol–water partition coefficient (Wildman–Crippen LogP) is 7.10. The number of hydrogen-bond donors (Lipinski definition) is 1. The molecule has 3 aromatic rings. The number of benzene rings is 3. The van der Waals surface area contributed by atoms with Crippen LogP contribution in [0.15, 0.2) is 66.7 Å². The summed E-state index contributed by atoms with van der Waals surface area (Å²) in [7, 11) is 1.38. The van der Waals surface area contributed by atoms with Crippen LogP contribution in [0.1, 0.15) is 37.4 Å². The maximum absolute atomic E-state index is 14.5. The minimum atomic E-state index is -6.26. The molecule has 0 aliphatic rings. The van der Waals surface area contributed by atoms with Gasteiger partial charge in [-0.1, -0.05) is 36.4 Å². The number of hydrogen-bond acceptors (Lipinski definition) is 3. The van der Waals surface area contributed by atoms with E-state index in [4.69, 9.17) is 4.74 Å². The molecule has 2 amide bonds. The molecule has 5 nitrogen and oxygen atoms in total. The van der Waals surface area contributed by atoms with Gasteiger partial charge in [0.2, 0.25) is 0 Å². The van der Waals surface area contributed by atoms with Crippen molar-refractivity contribution in [2.45, 2.75) is 31.9 Å². The first kappa shape index (κ1) is 29.6. The van der Waals surface area contributed by atoms with Crippen molar-refractivity contribution in [3.05, 3.63) is 94.5 Å². The molecule has 0 saturated carbocycles. The number of rotatable bonds is 7. The Kier molecular flexibility index (Phi) is 8.39. The molecule has 3 rings (SSSR count). The average molecular weight is 556 g/mol. The van der Waals surface area contributed by atoms with Crippen LogP contribution in [0.2, 0.25) is 0 Å². The summed E-state index contributed by atoms with van der Waals surface area (Å²) in [6.45, 7) is 2.14. The highest BCUT2D eigenvalue weighted by Crippen LogP contribution is 2.53. The van der Waals surface area contributed by atoms with Crippen molar-refractivity contribution in [2.24, 2.45) is 0 Å². The second-order valence-corrected chi connectivity index (χ2v) is 8.66. The minimum Gasteiger partial charge on any atom is -0.364 e. The van der Waals surface area contributed by atoms with E-state index in [9.17, 15) is 40.3 Å². The number of amides is 2. The predicted molar refractivity (Wildman–Crippen MR) is 130 cm³/mol. The number of aryl methyl sites for hydroxylation is 2. The number of ether oxygens (including phenoxy) is 1. The van der Waals surface area contributed by atoms with Crippen molar-refractivity contribution in [3.8, 4) is 0 Å². The summed E-state index contributed by atoms with van der Waals surface area (Å²) in [5, 5.41) is 2.45. The first-order chi connectivity index (χ1) is 18.1. The van der Waals surface area contributed by atoms with E-state index in [1.54, 1.807) is 36.4 Å². The molecule has 39 heavy (non-hydrogen) atoms. The molecule has 0 saturated heterocycles. The molecule has 0 fully saturated rings. The van der Waals surface area contributed by atoms with Gasteiger partial charge < -0.3 is 10.1 Å². The highest BCUT2D eigenvalue weighted by Gasteiger charge is 2.73. The van der Waals surface area contributed by atoms with E-state index in [0.29, 0.717) is 23.4 Å². The lowest BCUT2D eigenvalue weighted by Gasteiger charge is -2.31. The van der Waals surface area contributed by atoms with Crippen LogP contribution in [0.4, 0.5) is 42.1 Å². The fourth-order valence-corrected chi connectivity index (χ4v) is 3.96.